The van der Waals surface area contributed by atoms with Crippen molar-refractivity contribution in [2.45, 2.75) is 12.8 Å². The highest BCUT2D eigenvalue weighted by Gasteiger charge is 2.13. The van der Waals surface area contributed by atoms with E-state index >= 15 is 0 Å². The Labute approximate surface area is 150 Å². The lowest BCUT2D eigenvalue weighted by molar-refractivity contribution is 0.0944. The molecule has 0 aliphatic carbocycles. The number of rotatable bonds is 6. The number of fused-ring (bicyclic) bond motifs is 1. The zero-order chi connectivity index (χ0) is 17.8. The van der Waals surface area contributed by atoms with Gasteiger partial charge in [-0.15, -0.1) is 0 Å². The fourth-order valence-corrected chi connectivity index (χ4v) is 2.79. The third-order valence-electron chi connectivity index (χ3n) is 4.12. The lowest BCUT2D eigenvalue weighted by Gasteiger charge is -2.01. The number of carbonyl (C=O) groups is 1. The van der Waals surface area contributed by atoms with E-state index in [-0.39, 0.29) is 11.6 Å². The summed E-state index contributed by atoms with van der Waals surface area (Å²) in [5.41, 5.74) is 3.17. The van der Waals surface area contributed by atoms with Crippen LogP contribution in [0.1, 0.15) is 22.7 Å². The minimum Gasteiger partial charge on any atom is -0.355 e. The zero-order valence-corrected chi connectivity index (χ0v) is 14.1. The molecule has 0 atom stereocenters. The van der Waals surface area contributed by atoms with Crippen LogP contribution in [0.2, 0.25) is 0 Å². The molecule has 2 aromatic carbocycles. The average Bonchev–Trinajstić information content (AvgIpc) is 3.32. The van der Waals surface area contributed by atoms with E-state index < -0.39 is 0 Å². The van der Waals surface area contributed by atoms with Crippen LogP contribution in [0.25, 0.3) is 22.4 Å². The van der Waals surface area contributed by atoms with Crippen molar-refractivity contribution in [1.82, 2.24) is 20.4 Å². The van der Waals surface area contributed by atoms with Crippen LogP contribution in [0.4, 0.5) is 0 Å². The number of benzene rings is 2. The molecule has 0 aliphatic rings. The second-order valence-electron chi connectivity index (χ2n) is 6.00. The molecule has 1 amide bonds. The average molecular weight is 346 g/mol. The standard InChI is InChI=1S/C20H18N4O2/c25-20(17-13-18(26-24-17)14-7-2-1-3-8-14)21-12-6-11-19-22-15-9-4-5-10-16(15)23-19/h1-5,7-10,13H,6,11-12H2,(H,21,25)(H,22,23). The molecule has 2 aromatic heterocycles. The van der Waals surface area contributed by atoms with Crippen LogP contribution in [0.15, 0.2) is 65.2 Å². The summed E-state index contributed by atoms with van der Waals surface area (Å²) in [6.07, 6.45) is 1.55. The Morgan fingerprint density at radius 3 is 2.73 bits per heavy atom. The fraction of sp³-hybridized carbons (Fsp3) is 0.150. The molecule has 0 bridgehead atoms. The Morgan fingerprint density at radius 2 is 1.88 bits per heavy atom. The summed E-state index contributed by atoms with van der Waals surface area (Å²) < 4.78 is 5.26. The van der Waals surface area contributed by atoms with Gasteiger partial charge in [0.1, 0.15) is 5.82 Å². The minimum atomic E-state index is -0.236. The maximum Gasteiger partial charge on any atom is 0.273 e. The van der Waals surface area contributed by atoms with Crippen molar-refractivity contribution >= 4 is 16.9 Å². The number of para-hydroxylation sites is 2. The molecular formula is C20H18N4O2. The molecule has 0 radical (unpaired) electrons. The van der Waals surface area contributed by atoms with Gasteiger partial charge in [-0.25, -0.2) is 4.98 Å². The first-order valence-corrected chi connectivity index (χ1v) is 8.53. The third-order valence-corrected chi connectivity index (χ3v) is 4.12. The van der Waals surface area contributed by atoms with Crippen molar-refractivity contribution in [3.8, 4) is 11.3 Å². The quantitative estimate of drug-likeness (QED) is 0.523. The van der Waals surface area contributed by atoms with Gasteiger partial charge >= 0.3 is 0 Å². The number of nitrogens with zero attached hydrogens (tertiary/aromatic N) is 2. The largest absolute Gasteiger partial charge is 0.355 e. The number of aromatic amines is 1. The van der Waals surface area contributed by atoms with Gasteiger partial charge in [-0.1, -0.05) is 47.6 Å². The SMILES string of the molecule is O=C(NCCCc1nc2ccccc2[nH]1)c1cc(-c2ccccc2)on1. The molecular weight excluding hydrogens is 328 g/mol. The van der Waals surface area contributed by atoms with E-state index in [1.54, 1.807) is 6.07 Å². The number of imidazole rings is 1. The molecule has 130 valence electrons. The smallest absolute Gasteiger partial charge is 0.273 e. The van der Waals surface area contributed by atoms with Crippen molar-refractivity contribution in [2.75, 3.05) is 6.54 Å². The van der Waals surface area contributed by atoms with E-state index in [4.69, 9.17) is 4.52 Å². The van der Waals surface area contributed by atoms with Gasteiger partial charge in [0.15, 0.2) is 11.5 Å². The Bertz CT molecular complexity index is 987. The summed E-state index contributed by atoms with van der Waals surface area (Å²) in [5, 5.41) is 6.72. The molecule has 6 nitrogen and oxygen atoms in total. The number of aryl methyl sites for hydroxylation is 1. The van der Waals surface area contributed by atoms with Crippen LogP contribution in [-0.2, 0) is 6.42 Å². The molecule has 0 fully saturated rings. The van der Waals surface area contributed by atoms with Crippen LogP contribution in [-0.4, -0.2) is 27.6 Å². The monoisotopic (exact) mass is 346 g/mol. The van der Waals surface area contributed by atoms with Gasteiger partial charge in [-0.3, -0.25) is 4.79 Å². The number of H-pyrrole nitrogens is 1. The lowest BCUT2D eigenvalue weighted by Crippen LogP contribution is -2.25. The predicted molar refractivity (Wildman–Crippen MR) is 98.7 cm³/mol. The molecule has 2 N–H and O–H groups in total. The molecule has 26 heavy (non-hydrogen) atoms. The molecule has 0 saturated carbocycles. The fourth-order valence-electron chi connectivity index (χ4n) is 2.79. The van der Waals surface area contributed by atoms with Gasteiger partial charge in [-0.05, 0) is 18.6 Å². The van der Waals surface area contributed by atoms with Crippen LogP contribution in [0, 0.1) is 0 Å². The van der Waals surface area contributed by atoms with Crippen LogP contribution in [0.5, 0.6) is 0 Å². The molecule has 0 unspecified atom stereocenters. The highest BCUT2D eigenvalue weighted by Crippen LogP contribution is 2.19. The van der Waals surface area contributed by atoms with Crippen LogP contribution >= 0.6 is 0 Å². The first-order valence-electron chi connectivity index (χ1n) is 8.53. The Morgan fingerprint density at radius 1 is 1.08 bits per heavy atom. The minimum absolute atomic E-state index is 0.236. The summed E-state index contributed by atoms with van der Waals surface area (Å²) in [6, 6.07) is 19.2. The van der Waals surface area contributed by atoms with E-state index in [1.807, 2.05) is 54.6 Å². The predicted octanol–water partition coefficient (Wildman–Crippen LogP) is 3.58. The number of hydrogen-bond donors (Lipinski definition) is 2. The summed E-state index contributed by atoms with van der Waals surface area (Å²) >= 11 is 0. The van der Waals surface area contributed by atoms with E-state index in [0.717, 1.165) is 35.3 Å². The summed E-state index contributed by atoms with van der Waals surface area (Å²) in [4.78, 5) is 20.0. The van der Waals surface area contributed by atoms with Crippen molar-refractivity contribution in [3.63, 3.8) is 0 Å². The molecule has 0 saturated heterocycles. The van der Waals surface area contributed by atoms with Crippen molar-refractivity contribution < 1.29 is 9.32 Å². The Kier molecular flexibility index (Phi) is 4.47. The van der Waals surface area contributed by atoms with Gasteiger partial charge in [0.2, 0.25) is 0 Å². The van der Waals surface area contributed by atoms with Crippen LogP contribution in [0.3, 0.4) is 0 Å². The number of aromatic nitrogens is 3. The zero-order valence-electron chi connectivity index (χ0n) is 14.1. The highest BCUT2D eigenvalue weighted by atomic mass is 16.5. The van der Waals surface area contributed by atoms with Gasteiger partial charge in [0.05, 0.1) is 11.0 Å². The number of amides is 1. The first-order chi connectivity index (χ1) is 12.8. The number of nitrogens with one attached hydrogen (secondary N) is 2. The second-order valence-corrected chi connectivity index (χ2v) is 6.00. The van der Waals surface area contributed by atoms with Gasteiger partial charge in [0, 0.05) is 24.6 Å². The van der Waals surface area contributed by atoms with E-state index in [2.05, 4.69) is 20.4 Å². The van der Waals surface area contributed by atoms with Gasteiger partial charge in [0.25, 0.3) is 5.91 Å². The Balaban J connectivity index is 1.29. The normalized spacial score (nSPS) is 10.9. The highest BCUT2D eigenvalue weighted by molar-refractivity contribution is 5.93. The van der Waals surface area contributed by atoms with E-state index in [1.165, 1.54) is 0 Å². The molecule has 0 spiro atoms. The number of hydrogen-bond acceptors (Lipinski definition) is 4. The second kappa shape index (κ2) is 7.23. The van der Waals surface area contributed by atoms with E-state index in [9.17, 15) is 4.79 Å². The third kappa shape index (κ3) is 3.49. The molecule has 4 rings (SSSR count). The lowest BCUT2D eigenvalue weighted by atomic mass is 10.1. The van der Waals surface area contributed by atoms with Crippen molar-refractivity contribution in [2.24, 2.45) is 0 Å². The first kappa shape index (κ1) is 16.1. The maximum atomic E-state index is 12.2. The molecule has 4 aromatic rings. The van der Waals surface area contributed by atoms with E-state index in [0.29, 0.717) is 12.3 Å². The summed E-state index contributed by atoms with van der Waals surface area (Å²) in [7, 11) is 0. The Hall–Kier alpha value is -3.41. The van der Waals surface area contributed by atoms with Crippen molar-refractivity contribution in [1.29, 1.82) is 0 Å². The maximum absolute atomic E-state index is 12.2. The van der Waals surface area contributed by atoms with Crippen molar-refractivity contribution in [3.05, 3.63) is 72.2 Å². The molecule has 0 aliphatic heterocycles. The molecule has 6 heteroatoms. The summed E-state index contributed by atoms with van der Waals surface area (Å²) in [5.74, 6) is 1.27. The number of carbonyl (C=O) groups excluding carboxylic acids is 1. The van der Waals surface area contributed by atoms with Gasteiger partial charge < -0.3 is 14.8 Å². The summed E-state index contributed by atoms with van der Waals surface area (Å²) in [6.45, 7) is 0.545. The van der Waals surface area contributed by atoms with Crippen LogP contribution < -0.4 is 5.32 Å². The topological polar surface area (TPSA) is 83.8 Å². The van der Waals surface area contributed by atoms with Gasteiger partial charge in [-0.2, -0.15) is 0 Å². The molecule has 2 heterocycles.